The number of fused-ring (bicyclic) bond motifs is 1. The van der Waals surface area contributed by atoms with Crippen LogP contribution in [0.1, 0.15) is 23.2 Å². The van der Waals surface area contributed by atoms with Crippen molar-refractivity contribution >= 4 is 16.9 Å². The molecule has 1 amide bonds. The number of imidazole rings is 1. The van der Waals surface area contributed by atoms with E-state index in [1.54, 1.807) is 6.33 Å². The second kappa shape index (κ2) is 5.01. The minimum atomic E-state index is 0.0865. The number of hydrogen-bond donors (Lipinski definition) is 2. The van der Waals surface area contributed by atoms with E-state index >= 15 is 0 Å². The summed E-state index contributed by atoms with van der Waals surface area (Å²) < 4.78 is 0. The van der Waals surface area contributed by atoms with Crippen LogP contribution < -0.4 is 5.32 Å². The number of nitrogens with zero attached hydrogens (tertiary/aromatic N) is 2. The number of carbonyl (C=O) groups is 1. The minimum absolute atomic E-state index is 0.0865. The Labute approximate surface area is 112 Å². The van der Waals surface area contributed by atoms with Crippen LogP contribution in [0.5, 0.6) is 0 Å². The van der Waals surface area contributed by atoms with Gasteiger partial charge in [0, 0.05) is 18.7 Å². The van der Waals surface area contributed by atoms with Crippen LogP contribution in [0, 0.1) is 0 Å². The average molecular weight is 258 g/mol. The summed E-state index contributed by atoms with van der Waals surface area (Å²) in [6, 6.07) is 5.95. The zero-order valence-corrected chi connectivity index (χ0v) is 11.0. The van der Waals surface area contributed by atoms with Crippen molar-refractivity contribution in [2.24, 2.45) is 0 Å². The van der Waals surface area contributed by atoms with Gasteiger partial charge in [-0.2, -0.15) is 0 Å². The first-order valence-corrected chi connectivity index (χ1v) is 6.67. The molecule has 0 aliphatic carbocycles. The third-order valence-electron chi connectivity index (χ3n) is 3.84. The Morgan fingerprint density at radius 2 is 2.16 bits per heavy atom. The third kappa shape index (κ3) is 2.33. The molecule has 0 unspecified atom stereocenters. The van der Waals surface area contributed by atoms with Crippen molar-refractivity contribution in [3.8, 4) is 0 Å². The Balaban J connectivity index is 1.81. The van der Waals surface area contributed by atoms with Gasteiger partial charge in [0.15, 0.2) is 0 Å². The van der Waals surface area contributed by atoms with E-state index in [9.17, 15) is 4.79 Å². The van der Waals surface area contributed by atoms with E-state index in [0.29, 0.717) is 6.04 Å². The highest BCUT2D eigenvalue weighted by atomic mass is 16.2. The summed E-state index contributed by atoms with van der Waals surface area (Å²) in [5.74, 6) is 0.0865. The molecular formula is C14H18N4O. The molecule has 0 bridgehead atoms. The molecule has 0 spiro atoms. The lowest BCUT2D eigenvalue weighted by atomic mass is 10.0. The molecule has 0 atom stereocenters. The van der Waals surface area contributed by atoms with Crippen molar-refractivity contribution < 1.29 is 4.79 Å². The van der Waals surface area contributed by atoms with E-state index in [4.69, 9.17) is 0 Å². The van der Waals surface area contributed by atoms with Crippen LogP contribution in [0.4, 0.5) is 0 Å². The Bertz CT molecular complexity index is 586. The minimum Gasteiger partial charge on any atom is -0.345 e. The van der Waals surface area contributed by atoms with Crippen LogP contribution in [0.2, 0.25) is 0 Å². The second-order valence-electron chi connectivity index (χ2n) is 5.03. The summed E-state index contributed by atoms with van der Waals surface area (Å²) in [5, 5.41) is 3.32. The molecule has 1 aromatic carbocycles. The van der Waals surface area contributed by atoms with Gasteiger partial charge in [-0.15, -0.1) is 0 Å². The van der Waals surface area contributed by atoms with E-state index in [1.807, 2.05) is 30.1 Å². The molecule has 2 heterocycles. The third-order valence-corrected chi connectivity index (χ3v) is 3.84. The van der Waals surface area contributed by atoms with Crippen LogP contribution in [0.15, 0.2) is 24.5 Å². The Kier molecular flexibility index (Phi) is 3.21. The molecule has 100 valence electrons. The molecule has 2 aromatic rings. The van der Waals surface area contributed by atoms with Gasteiger partial charge in [0.1, 0.15) is 0 Å². The summed E-state index contributed by atoms with van der Waals surface area (Å²) in [6.45, 7) is 1.98. The van der Waals surface area contributed by atoms with Crippen molar-refractivity contribution in [1.82, 2.24) is 20.2 Å². The number of benzene rings is 1. The zero-order chi connectivity index (χ0) is 13.2. The second-order valence-corrected chi connectivity index (χ2v) is 5.03. The van der Waals surface area contributed by atoms with Crippen molar-refractivity contribution in [3.63, 3.8) is 0 Å². The van der Waals surface area contributed by atoms with Gasteiger partial charge in [0.25, 0.3) is 5.91 Å². The summed E-state index contributed by atoms with van der Waals surface area (Å²) in [5.41, 5.74) is 2.52. The van der Waals surface area contributed by atoms with E-state index in [-0.39, 0.29) is 5.91 Å². The van der Waals surface area contributed by atoms with Crippen molar-refractivity contribution in [3.05, 3.63) is 30.1 Å². The average Bonchev–Trinajstić information content (AvgIpc) is 2.94. The molecular weight excluding hydrogens is 240 g/mol. The predicted molar refractivity (Wildman–Crippen MR) is 74.1 cm³/mol. The van der Waals surface area contributed by atoms with Gasteiger partial charge in [-0.25, -0.2) is 4.98 Å². The van der Waals surface area contributed by atoms with E-state index in [0.717, 1.165) is 42.5 Å². The predicted octanol–water partition coefficient (Wildman–Crippen LogP) is 1.39. The van der Waals surface area contributed by atoms with Crippen molar-refractivity contribution in [2.45, 2.75) is 18.9 Å². The summed E-state index contributed by atoms with van der Waals surface area (Å²) in [4.78, 5) is 21.6. The van der Waals surface area contributed by atoms with E-state index in [2.05, 4.69) is 15.3 Å². The number of rotatable bonds is 2. The van der Waals surface area contributed by atoms with Crippen LogP contribution in [0.25, 0.3) is 11.0 Å². The summed E-state index contributed by atoms with van der Waals surface area (Å²) in [6.07, 6.45) is 3.69. The number of nitrogens with one attached hydrogen (secondary N) is 2. The molecule has 0 radical (unpaired) electrons. The molecule has 1 aliphatic rings. The van der Waals surface area contributed by atoms with Crippen LogP contribution in [-0.2, 0) is 0 Å². The maximum Gasteiger partial charge on any atom is 0.253 e. The molecule has 3 rings (SSSR count). The molecule has 5 nitrogen and oxygen atoms in total. The molecule has 19 heavy (non-hydrogen) atoms. The Morgan fingerprint density at radius 1 is 1.37 bits per heavy atom. The number of piperidine rings is 1. The summed E-state index contributed by atoms with van der Waals surface area (Å²) in [7, 11) is 1.90. The van der Waals surface area contributed by atoms with Gasteiger partial charge in [-0.3, -0.25) is 4.79 Å². The highest BCUT2D eigenvalue weighted by Crippen LogP contribution is 2.16. The number of carbonyl (C=O) groups excluding carboxylic acids is 1. The topological polar surface area (TPSA) is 61.0 Å². The number of hydrogen-bond acceptors (Lipinski definition) is 3. The van der Waals surface area contributed by atoms with Gasteiger partial charge >= 0.3 is 0 Å². The fourth-order valence-corrected chi connectivity index (χ4v) is 2.63. The highest BCUT2D eigenvalue weighted by molar-refractivity contribution is 5.97. The first-order valence-electron chi connectivity index (χ1n) is 6.67. The molecule has 2 N–H and O–H groups in total. The van der Waals surface area contributed by atoms with Gasteiger partial charge in [-0.1, -0.05) is 0 Å². The monoisotopic (exact) mass is 258 g/mol. The fourth-order valence-electron chi connectivity index (χ4n) is 2.63. The first-order chi connectivity index (χ1) is 9.25. The lowest BCUT2D eigenvalue weighted by Crippen LogP contribution is -2.43. The maximum atomic E-state index is 12.5. The number of H-pyrrole nitrogens is 1. The Hall–Kier alpha value is -1.88. The largest absolute Gasteiger partial charge is 0.345 e. The lowest BCUT2D eigenvalue weighted by molar-refractivity contribution is 0.0703. The number of amides is 1. The van der Waals surface area contributed by atoms with Crippen molar-refractivity contribution in [2.75, 3.05) is 20.1 Å². The quantitative estimate of drug-likeness (QED) is 0.855. The molecule has 0 saturated carbocycles. The number of aromatic amines is 1. The van der Waals surface area contributed by atoms with Crippen LogP contribution in [0.3, 0.4) is 0 Å². The van der Waals surface area contributed by atoms with Gasteiger partial charge < -0.3 is 15.2 Å². The molecule has 1 fully saturated rings. The van der Waals surface area contributed by atoms with E-state index < -0.39 is 0 Å². The first kappa shape index (κ1) is 12.2. The van der Waals surface area contributed by atoms with Crippen molar-refractivity contribution in [1.29, 1.82) is 0 Å². The zero-order valence-electron chi connectivity index (χ0n) is 11.0. The number of aromatic nitrogens is 2. The molecule has 1 saturated heterocycles. The standard InChI is InChI=1S/C14H18N4O/c1-18(11-4-6-15-7-5-11)14(19)10-2-3-12-13(8-10)17-9-16-12/h2-3,8-9,11,15H,4-7H2,1H3,(H,16,17). The fraction of sp³-hybridized carbons (Fsp3) is 0.429. The normalized spacial score (nSPS) is 16.7. The van der Waals surface area contributed by atoms with Crippen LogP contribution in [-0.4, -0.2) is 47.0 Å². The molecule has 1 aromatic heterocycles. The smallest absolute Gasteiger partial charge is 0.253 e. The molecule has 1 aliphatic heterocycles. The van der Waals surface area contributed by atoms with E-state index in [1.165, 1.54) is 0 Å². The summed E-state index contributed by atoms with van der Waals surface area (Å²) >= 11 is 0. The van der Waals surface area contributed by atoms with Gasteiger partial charge in [0.05, 0.1) is 17.4 Å². The van der Waals surface area contributed by atoms with Crippen LogP contribution >= 0.6 is 0 Å². The Morgan fingerprint density at radius 3 is 2.95 bits per heavy atom. The molecule has 5 heteroatoms. The van der Waals surface area contributed by atoms with Gasteiger partial charge in [-0.05, 0) is 44.1 Å². The maximum absolute atomic E-state index is 12.5. The SMILES string of the molecule is CN(C(=O)c1ccc2nc[nH]c2c1)C1CCNCC1. The highest BCUT2D eigenvalue weighted by Gasteiger charge is 2.22. The lowest BCUT2D eigenvalue weighted by Gasteiger charge is -2.31. The van der Waals surface area contributed by atoms with Gasteiger partial charge in [0.2, 0.25) is 0 Å².